The van der Waals surface area contributed by atoms with Gasteiger partial charge in [0.1, 0.15) is 0 Å². The van der Waals surface area contributed by atoms with Gasteiger partial charge in [-0.15, -0.1) is 0 Å². The molecule has 0 aromatic carbocycles. The Morgan fingerprint density at radius 2 is 1.57 bits per heavy atom. The second kappa shape index (κ2) is 3.46. The summed E-state index contributed by atoms with van der Waals surface area (Å²) in [6.07, 6.45) is 1.80. The zero-order chi connectivity index (χ0) is 11.2. The van der Waals surface area contributed by atoms with Crippen molar-refractivity contribution in [2.45, 2.75) is 65.5 Å². The smallest absolute Gasteiger partial charge is 0.174 e. The van der Waals surface area contributed by atoms with E-state index in [-0.39, 0.29) is 0 Å². The molecule has 1 aliphatic rings. The van der Waals surface area contributed by atoms with Crippen molar-refractivity contribution in [3.8, 4) is 0 Å². The maximum Gasteiger partial charge on any atom is 0.174 e. The van der Waals surface area contributed by atoms with Gasteiger partial charge in [0.2, 0.25) is 0 Å². The molecule has 0 saturated carbocycles. The van der Waals surface area contributed by atoms with Crippen LogP contribution in [0.4, 0.5) is 0 Å². The minimum absolute atomic E-state index is 0.329. The zero-order valence-corrected chi connectivity index (χ0v) is 12.9. The van der Waals surface area contributed by atoms with Crippen LogP contribution in [0.5, 0.6) is 0 Å². The SMILES string of the molecule is CC(C)(C)C1CC[Si](C)(C)[Si](C)(C)O1. The van der Waals surface area contributed by atoms with Crippen LogP contribution in [0.1, 0.15) is 27.2 Å². The summed E-state index contributed by atoms with van der Waals surface area (Å²) in [5.74, 6) is 0. The molecule has 1 rings (SSSR count). The van der Waals surface area contributed by atoms with Crippen LogP contribution in [-0.2, 0) is 4.43 Å². The van der Waals surface area contributed by atoms with E-state index in [0.29, 0.717) is 11.5 Å². The molecule has 0 amide bonds. The Bertz CT molecular complexity index is 216. The van der Waals surface area contributed by atoms with Crippen LogP contribution in [0.25, 0.3) is 0 Å². The Labute approximate surface area is 91.2 Å². The van der Waals surface area contributed by atoms with Gasteiger partial charge >= 0.3 is 0 Å². The Hall–Kier alpha value is 0.394. The highest BCUT2D eigenvalue weighted by Gasteiger charge is 2.49. The van der Waals surface area contributed by atoms with Crippen LogP contribution in [0, 0.1) is 5.41 Å². The minimum Gasteiger partial charge on any atom is -0.417 e. The summed E-state index contributed by atoms with van der Waals surface area (Å²) in [6, 6.07) is 1.47. The first-order valence-electron chi connectivity index (χ1n) is 5.74. The van der Waals surface area contributed by atoms with Gasteiger partial charge in [0, 0.05) is 6.10 Å². The van der Waals surface area contributed by atoms with Crippen molar-refractivity contribution in [1.29, 1.82) is 0 Å². The third-order valence-corrected chi connectivity index (χ3v) is 20.6. The average Bonchev–Trinajstić information content (AvgIpc) is 1.92. The topological polar surface area (TPSA) is 9.23 Å². The fraction of sp³-hybridized carbons (Fsp3) is 1.00. The lowest BCUT2D eigenvalue weighted by Crippen LogP contribution is -2.63. The molecule has 84 valence electrons. The Morgan fingerprint density at radius 3 is 1.93 bits per heavy atom. The fourth-order valence-corrected chi connectivity index (χ4v) is 8.69. The predicted octanol–water partition coefficient (Wildman–Crippen LogP) is 3.81. The molecule has 1 unspecified atom stereocenters. The molecule has 1 saturated heterocycles. The molecule has 1 heterocycles. The summed E-state index contributed by atoms with van der Waals surface area (Å²) in [6.45, 7) is 16.8. The predicted molar refractivity (Wildman–Crippen MR) is 68.7 cm³/mol. The van der Waals surface area contributed by atoms with Crippen molar-refractivity contribution in [2.75, 3.05) is 0 Å². The largest absolute Gasteiger partial charge is 0.417 e. The van der Waals surface area contributed by atoms with E-state index >= 15 is 0 Å². The van der Waals surface area contributed by atoms with Crippen LogP contribution in [0.15, 0.2) is 0 Å². The van der Waals surface area contributed by atoms with E-state index in [1.807, 2.05) is 0 Å². The molecule has 1 fully saturated rings. The van der Waals surface area contributed by atoms with E-state index in [9.17, 15) is 0 Å². The van der Waals surface area contributed by atoms with Crippen molar-refractivity contribution >= 4 is 15.4 Å². The van der Waals surface area contributed by atoms with Gasteiger partial charge in [-0.2, -0.15) is 0 Å². The molecule has 0 spiro atoms. The highest BCUT2D eigenvalue weighted by Crippen LogP contribution is 2.39. The molecular formula is C11H26OSi2. The molecule has 0 radical (unpaired) electrons. The molecule has 0 aromatic heterocycles. The lowest BCUT2D eigenvalue weighted by atomic mass is 9.88. The standard InChI is InChI=1S/C11H26OSi2/c1-11(2,3)10-8-9-13(4,5)14(6,7)12-10/h10H,8-9H2,1-7H3. The fourth-order valence-electron chi connectivity index (χ4n) is 1.98. The average molecular weight is 230 g/mol. The Morgan fingerprint density at radius 1 is 1.07 bits per heavy atom. The first kappa shape index (κ1) is 12.5. The summed E-state index contributed by atoms with van der Waals surface area (Å²) in [7, 11) is -2.37. The molecule has 3 heteroatoms. The van der Waals surface area contributed by atoms with E-state index in [1.165, 1.54) is 12.5 Å². The Kier molecular flexibility index (Phi) is 3.08. The van der Waals surface area contributed by atoms with E-state index in [2.05, 4.69) is 47.0 Å². The first-order chi connectivity index (χ1) is 6.06. The van der Waals surface area contributed by atoms with Crippen molar-refractivity contribution < 1.29 is 4.43 Å². The summed E-state index contributed by atoms with van der Waals surface area (Å²) in [5, 5.41) is 0. The highest BCUT2D eigenvalue weighted by atomic mass is 29.3. The third-order valence-electron chi connectivity index (χ3n) is 4.06. The summed E-state index contributed by atoms with van der Waals surface area (Å²) < 4.78 is 6.45. The van der Waals surface area contributed by atoms with E-state index in [0.717, 1.165) is 0 Å². The van der Waals surface area contributed by atoms with E-state index in [1.54, 1.807) is 0 Å². The second-order valence-corrected chi connectivity index (χ2v) is 22.1. The van der Waals surface area contributed by atoms with Gasteiger partial charge in [0.25, 0.3) is 0 Å². The summed E-state index contributed by atoms with van der Waals surface area (Å²) in [4.78, 5) is 0. The lowest BCUT2D eigenvalue weighted by Gasteiger charge is -2.49. The van der Waals surface area contributed by atoms with Crippen molar-refractivity contribution in [3.63, 3.8) is 0 Å². The number of hydrogen-bond donors (Lipinski definition) is 0. The lowest BCUT2D eigenvalue weighted by molar-refractivity contribution is 0.0738. The van der Waals surface area contributed by atoms with Gasteiger partial charge in [-0.05, 0) is 24.9 Å². The van der Waals surface area contributed by atoms with Gasteiger partial charge in [0.05, 0.1) is 7.59 Å². The van der Waals surface area contributed by atoms with Gasteiger partial charge in [0.15, 0.2) is 7.83 Å². The first-order valence-corrected chi connectivity index (χ1v) is 12.9. The highest BCUT2D eigenvalue weighted by molar-refractivity contribution is 7.38. The van der Waals surface area contributed by atoms with Crippen LogP contribution < -0.4 is 0 Å². The summed E-state index contributed by atoms with van der Waals surface area (Å²) in [5.41, 5.74) is 0.329. The van der Waals surface area contributed by atoms with Crippen LogP contribution in [0.3, 0.4) is 0 Å². The van der Waals surface area contributed by atoms with Crippen LogP contribution in [0.2, 0.25) is 32.2 Å². The molecule has 0 aromatic rings. The quantitative estimate of drug-likeness (QED) is 0.575. The second-order valence-electron chi connectivity index (χ2n) is 6.91. The maximum atomic E-state index is 6.45. The molecule has 0 bridgehead atoms. The van der Waals surface area contributed by atoms with Crippen LogP contribution in [-0.4, -0.2) is 21.5 Å². The van der Waals surface area contributed by atoms with Crippen LogP contribution >= 0.6 is 0 Å². The summed E-state index contributed by atoms with van der Waals surface area (Å²) >= 11 is 0. The maximum absolute atomic E-state index is 6.45. The minimum atomic E-state index is -1.35. The molecule has 14 heavy (non-hydrogen) atoms. The zero-order valence-electron chi connectivity index (χ0n) is 10.9. The van der Waals surface area contributed by atoms with Gasteiger partial charge in [-0.25, -0.2) is 0 Å². The molecule has 1 aliphatic heterocycles. The van der Waals surface area contributed by atoms with Gasteiger partial charge < -0.3 is 4.43 Å². The number of hydrogen-bond acceptors (Lipinski definition) is 1. The molecular weight excluding hydrogens is 204 g/mol. The Balaban J connectivity index is 2.78. The van der Waals surface area contributed by atoms with Crippen molar-refractivity contribution in [3.05, 3.63) is 0 Å². The molecule has 0 aliphatic carbocycles. The van der Waals surface area contributed by atoms with E-state index in [4.69, 9.17) is 4.43 Å². The molecule has 1 nitrogen and oxygen atoms in total. The van der Waals surface area contributed by atoms with Gasteiger partial charge in [-0.1, -0.05) is 39.9 Å². The molecule has 1 atom stereocenters. The van der Waals surface area contributed by atoms with E-state index < -0.39 is 15.4 Å². The number of rotatable bonds is 0. The normalized spacial score (nSPS) is 31.5. The third kappa shape index (κ3) is 2.31. The monoisotopic (exact) mass is 230 g/mol. The molecule has 0 N–H and O–H groups in total. The van der Waals surface area contributed by atoms with Crippen molar-refractivity contribution in [2.24, 2.45) is 5.41 Å². The van der Waals surface area contributed by atoms with Gasteiger partial charge in [-0.3, -0.25) is 0 Å². The van der Waals surface area contributed by atoms with Crippen molar-refractivity contribution in [1.82, 2.24) is 0 Å².